The number of piperidine rings is 1. The Bertz CT molecular complexity index is 655. The maximum absolute atomic E-state index is 12.9. The Morgan fingerprint density at radius 1 is 1.24 bits per heavy atom. The van der Waals surface area contributed by atoms with Crippen molar-refractivity contribution in [1.82, 2.24) is 10.2 Å². The predicted octanol–water partition coefficient (Wildman–Crippen LogP) is 2.94. The van der Waals surface area contributed by atoms with Crippen LogP contribution in [0, 0.1) is 11.8 Å². The van der Waals surface area contributed by atoms with Gasteiger partial charge in [-0.25, -0.2) is 0 Å². The summed E-state index contributed by atoms with van der Waals surface area (Å²) in [6.07, 6.45) is 4.65. The van der Waals surface area contributed by atoms with Crippen molar-refractivity contribution in [3.8, 4) is 0 Å². The molecule has 1 aliphatic heterocycles. The first-order valence-electron chi connectivity index (χ1n) is 9.55. The molecule has 0 saturated carbocycles. The number of carbonyl (C=O) groups excluding carboxylic acids is 2. The lowest BCUT2D eigenvalue weighted by Gasteiger charge is -2.39. The first-order chi connectivity index (χ1) is 11.9. The molecule has 0 radical (unpaired) electrons. The van der Waals surface area contributed by atoms with Crippen molar-refractivity contribution in [3.63, 3.8) is 0 Å². The van der Waals surface area contributed by atoms with Crippen molar-refractivity contribution in [2.24, 2.45) is 11.8 Å². The van der Waals surface area contributed by atoms with Crippen molar-refractivity contribution >= 4 is 11.8 Å². The smallest absolute Gasteiger partial charge is 0.225 e. The van der Waals surface area contributed by atoms with E-state index in [0.29, 0.717) is 6.54 Å². The lowest BCUT2D eigenvalue weighted by atomic mass is 9.78. The third-order valence-corrected chi connectivity index (χ3v) is 5.67. The van der Waals surface area contributed by atoms with E-state index in [1.54, 1.807) is 0 Å². The Labute approximate surface area is 151 Å². The van der Waals surface area contributed by atoms with Crippen molar-refractivity contribution in [2.45, 2.75) is 58.4 Å². The Morgan fingerprint density at radius 3 is 2.68 bits per heavy atom. The van der Waals surface area contributed by atoms with Crippen LogP contribution in [0.1, 0.15) is 51.2 Å². The average Bonchev–Trinajstić information content (AvgIpc) is 2.60. The molecule has 4 heteroatoms. The number of fused-ring (bicyclic) bond motifs is 1. The van der Waals surface area contributed by atoms with Gasteiger partial charge in [0, 0.05) is 24.5 Å². The van der Waals surface area contributed by atoms with E-state index in [4.69, 9.17) is 0 Å². The standard InChI is InChI=1S/C21H30N2O2/c1-15(2)20(25)23-12-6-9-18(14-23)19(24)22-21(3)11-10-16-7-4-5-8-17(16)13-21/h4-5,7-8,15,18H,6,9-14H2,1-3H3,(H,22,24)/t18-,21-/m1/s1. The summed E-state index contributed by atoms with van der Waals surface area (Å²) in [5.41, 5.74) is 2.56. The van der Waals surface area contributed by atoms with Crippen LogP contribution in [0.15, 0.2) is 24.3 Å². The number of amides is 2. The van der Waals surface area contributed by atoms with Gasteiger partial charge in [0.2, 0.25) is 11.8 Å². The first kappa shape index (κ1) is 18.0. The van der Waals surface area contributed by atoms with E-state index in [0.717, 1.165) is 38.6 Å². The van der Waals surface area contributed by atoms with Gasteiger partial charge in [0.25, 0.3) is 0 Å². The molecule has 1 aliphatic carbocycles. The Morgan fingerprint density at radius 2 is 1.96 bits per heavy atom. The summed E-state index contributed by atoms with van der Waals surface area (Å²) >= 11 is 0. The van der Waals surface area contributed by atoms with Crippen molar-refractivity contribution in [2.75, 3.05) is 13.1 Å². The van der Waals surface area contributed by atoms with Crippen LogP contribution in [0.4, 0.5) is 0 Å². The van der Waals surface area contributed by atoms with E-state index in [1.807, 2.05) is 18.7 Å². The second-order valence-electron chi connectivity index (χ2n) is 8.27. The molecule has 1 saturated heterocycles. The fraction of sp³-hybridized carbons (Fsp3) is 0.619. The van der Waals surface area contributed by atoms with Gasteiger partial charge in [0.1, 0.15) is 0 Å². The Balaban J connectivity index is 1.63. The molecule has 1 aromatic carbocycles. The number of carbonyl (C=O) groups is 2. The molecule has 0 spiro atoms. The van der Waals surface area contributed by atoms with E-state index in [-0.39, 0.29) is 29.2 Å². The van der Waals surface area contributed by atoms with E-state index < -0.39 is 0 Å². The van der Waals surface area contributed by atoms with E-state index in [9.17, 15) is 9.59 Å². The molecule has 2 aliphatic rings. The lowest BCUT2D eigenvalue weighted by molar-refractivity contribution is -0.138. The lowest BCUT2D eigenvalue weighted by Crippen LogP contribution is -2.54. The van der Waals surface area contributed by atoms with Gasteiger partial charge in [-0.3, -0.25) is 9.59 Å². The van der Waals surface area contributed by atoms with E-state index >= 15 is 0 Å². The van der Waals surface area contributed by atoms with Crippen molar-refractivity contribution < 1.29 is 9.59 Å². The molecule has 2 amide bonds. The normalized spacial score (nSPS) is 26.2. The number of hydrogen-bond donors (Lipinski definition) is 1. The number of hydrogen-bond acceptors (Lipinski definition) is 2. The van der Waals surface area contributed by atoms with E-state index in [1.165, 1.54) is 11.1 Å². The number of likely N-dealkylation sites (tertiary alicyclic amines) is 1. The summed E-state index contributed by atoms with van der Waals surface area (Å²) < 4.78 is 0. The minimum atomic E-state index is -0.185. The van der Waals surface area contributed by atoms with Crippen LogP contribution in [0.3, 0.4) is 0 Å². The molecule has 1 N–H and O–H groups in total. The second kappa shape index (κ2) is 7.19. The van der Waals surface area contributed by atoms with Crippen LogP contribution in [0.2, 0.25) is 0 Å². The zero-order chi connectivity index (χ0) is 18.0. The number of nitrogens with one attached hydrogen (secondary N) is 1. The monoisotopic (exact) mass is 342 g/mol. The molecule has 0 aromatic heterocycles. The van der Waals surface area contributed by atoms with Crippen LogP contribution in [0.25, 0.3) is 0 Å². The number of benzene rings is 1. The summed E-state index contributed by atoms with van der Waals surface area (Å²) in [5, 5.41) is 3.32. The summed E-state index contributed by atoms with van der Waals surface area (Å²) in [5.74, 6) is 0.193. The zero-order valence-corrected chi connectivity index (χ0v) is 15.7. The maximum Gasteiger partial charge on any atom is 0.225 e. The molecule has 136 valence electrons. The van der Waals surface area contributed by atoms with Crippen LogP contribution in [-0.2, 0) is 22.4 Å². The maximum atomic E-state index is 12.9. The minimum Gasteiger partial charge on any atom is -0.350 e. The minimum absolute atomic E-state index is 0.00539. The highest BCUT2D eigenvalue weighted by Crippen LogP contribution is 2.29. The molecular weight excluding hydrogens is 312 g/mol. The molecule has 4 nitrogen and oxygen atoms in total. The summed E-state index contributed by atoms with van der Waals surface area (Å²) in [7, 11) is 0. The van der Waals surface area contributed by atoms with Gasteiger partial charge < -0.3 is 10.2 Å². The second-order valence-corrected chi connectivity index (χ2v) is 8.27. The topological polar surface area (TPSA) is 49.4 Å². The molecule has 0 bridgehead atoms. The Hall–Kier alpha value is -1.84. The zero-order valence-electron chi connectivity index (χ0n) is 15.7. The highest BCUT2D eigenvalue weighted by molar-refractivity contribution is 5.82. The highest BCUT2D eigenvalue weighted by atomic mass is 16.2. The van der Waals surface area contributed by atoms with Gasteiger partial charge in [-0.1, -0.05) is 38.1 Å². The summed E-state index contributed by atoms with van der Waals surface area (Å²) in [6, 6.07) is 8.52. The third kappa shape index (κ3) is 4.05. The fourth-order valence-corrected chi connectivity index (χ4v) is 4.16. The van der Waals surface area contributed by atoms with Gasteiger partial charge in [0.05, 0.1) is 5.92 Å². The predicted molar refractivity (Wildman–Crippen MR) is 99.2 cm³/mol. The van der Waals surface area contributed by atoms with Gasteiger partial charge in [-0.2, -0.15) is 0 Å². The van der Waals surface area contributed by atoms with Gasteiger partial charge >= 0.3 is 0 Å². The Kier molecular flexibility index (Phi) is 5.16. The van der Waals surface area contributed by atoms with Crippen molar-refractivity contribution in [3.05, 3.63) is 35.4 Å². The largest absolute Gasteiger partial charge is 0.350 e. The molecule has 2 atom stereocenters. The third-order valence-electron chi connectivity index (χ3n) is 5.67. The van der Waals surface area contributed by atoms with Crippen molar-refractivity contribution in [1.29, 1.82) is 0 Å². The molecule has 0 unspecified atom stereocenters. The molecular formula is C21H30N2O2. The highest BCUT2D eigenvalue weighted by Gasteiger charge is 2.35. The first-order valence-corrected chi connectivity index (χ1v) is 9.55. The molecule has 1 heterocycles. The summed E-state index contributed by atoms with van der Waals surface area (Å²) in [4.78, 5) is 27.0. The average molecular weight is 342 g/mol. The molecule has 25 heavy (non-hydrogen) atoms. The summed E-state index contributed by atoms with van der Waals surface area (Å²) in [6.45, 7) is 7.35. The number of nitrogens with zero attached hydrogens (tertiary/aromatic N) is 1. The number of aryl methyl sites for hydroxylation is 1. The molecule has 3 rings (SSSR count). The van der Waals surface area contributed by atoms with Crippen LogP contribution in [-0.4, -0.2) is 35.3 Å². The molecule has 1 fully saturated rings. The van der Waals surface area contributed by atoms with Gasteiger partial charge in [-0.15, -0.1) is 0 Å². The van der Waals surface area contributed by atoms with Crippen LogP contribution >= 0.6 is 0 Å². The van der Waals surface area contributed by atoms with Gasteiger partial charge in [-0.05, 0) is 50.2 Å². The van der Waals surface area contributed by atoms with Crippen LogP contribution in [0.5, 0.6) is 0 Å². The SMILES string of the molecule is CC(C)C(=O)N1CCC[C@@H](C(=O)N[C@]2(C)CCc3ccccc3C2)C1. The quantitative estimate of drug-likeness (QED) is 0.918. The van der Waals surface area contributed by atoms with Gasteiger partial charge in [0.15, 0.2) is 0 Å². The van der Waals surface area contributed by atoms with Crippen LogP contribution < -0.4 is 5.32 Å². The fourth-order valence-electron chi connectivity index (χ4n) is 4.16. The van der Waals surface area contributed by atoms with E-state index in [2.05, 4.69) is 36.5 Å². The number of rotatable bonds is 3. The molecule has 1 aromatic rings.